The molecule has 2 N–H and O–H groups in total. The predicted molar refractivity (Wildman–Crippen MR) is 96.1 cm³/mol. The number of nitrogens with one attached hydrogen (secondary N) is 2. The zero-order valence-corrected chi connectivity index (χ0v) is 15.5. The normalized spacial score (nSPS) is 25.4. The Morgan fingerprint density at radius 2 is 1.67 bits per heavy atom. The van der Waals surface area contributed by atoms with Crippen LogP contribution in [0.2, 0.25) is 0 Å². The van der Waals surface area contributed by atoms with E-state index >= 15 is 0 Å². The van der Waals surface area contributed by atoms with Crippen LogP contribution in [0.15, 0.2) is 23.2 Å². The predicted octanol–water partition coefficient (Wildman–Crippen LogP) is 3.62. The van der Waals surface area contributed by atoms with Crippen LogP contribution in [-0.2, 0) is 9.59 Å². The maximum atomic E-state index is 12.8. The number of thiazole rings is 2. The van der Waals surface area contributed by atoms with Gasteiger partial charge in [0.25, 0.3) is 0 Å². The van der Waals surface area contributed by atoms with Gasteiger partial charge in [-0.25, -0.2) is 9.97 Å². The fourth-order valence-electron chi connectivity index (χ4n) is 3.36. The van der Waals surface area contributed by atoms with Crippen LogP contribution in [0.4, 0.5) is 10.3 Å². The van der Waals surface area contributed by atoms with Gasteiger partial charge in [-0.05, 0) is 18.3 Å². The van der Waals surface area contributed by atoms with E-state index in [2.05, 4.69) is 20.6 Å². The van der Waals surface area contributed by atoms with Crippen molar-refractivity contribution in [2.45, 2.75) is 33.6 Å². The van der Waals surface area contributed by atoms with Gasteiger partial charge in [0.2, 0.25) is 11.8 Å². The minimum absolute atomic E-state index is 0.0688. The molecule has 1 aliphatic carbocycles. The number of aromatic nitrogens is 2. The van der Waals surface area contributed by atoms with Crippen molar-refractivity contribution in [3.8, 4) is 0 Å². The molecule has 0 aliphatic heterocycles. The van der Waals surface area contributed by atoms with E-state index in [1.807, 2.05) is 31.5 Å². The Morgan fingerprint density at radius 1 is 1.08 bits per heavy atom. The molecule has 8 heteroatoms. The Balaban J connectivity index is 1.76. The van der Waals surface area contributed by atoms with Crippen molar-refractivity contribution in [2.24, 2.45) is 16.7 Å². The molecule has 1 saturated carbocycles. The number of rotatable bonds is 4. The van der Waals surface area contributed by atoms with Crippen LogP contribution < -0.4 is 10.6 Å². The molecule has 0 bridgehead atoms. The maximum absolute atomic E-state index is 12.8. The first-order valence-corrected chi connectivity index (χ1v) is 9.52. The molecule has 24 heavy (non-hydrogen) atoms. The summed E-state index contributed by atoms with van der Waals surface area (Å²) < 4.78 is 0. The standard InChI is InChI=1S/C16H20N4O2S2/c1-15(2)10(11(21)19-13-17-6-8-23-13)4-5-16(15,3)12(22)20-14-18-7-9-24-14/h6-10H,4-5H2,1-3H3,(H,17,19,21)(H,18,20,22)/t10-,16-/m1/s1. The molecule has 1 aliphatic rings. The fraction of sp³-hybridized carbons (Fsp3) is 0.500. The first-order chi connectivity index (χ1) is 11.3. The molecule has 3 rings (SSSR count). The molecular weight excluding hydrogens is 344 g/mol. The van der Waals surface area contributed by atoms with E-state index in [4.69, 9.17) is 0 Å². The second-order valence-electron chi connectivity index (χ2n) is 6.76. The summed E-state index contributed by atoms with van der Waals surface area (Å²) in [6, 6.07) is 0. The Bertz CT molecular complexity index is 727. The zero-order valence-electron chi connectivity index (χ0n) is 13.8. The van der Waals surface area contributed by atoms with Crippen molar-refractivity contribution in [3.63, 3.8) is 0 Å². The van der Waals surface area contributed by atoms with Crippen LogP contribution >= 0.6 is 22.7 Å². The molecule has 2 atom stereocenters. The minimum Gasteiger partial charge on any atom is -0.302 e. The van der Waals surface area contributed by atoms with Crippen LogP contribution in [0.25, 0.3) is 0 Å². The van der Waals surface area contributed by atoms with Crippen LogP contribution in [-0.4, -0.2) is 21.8 Å². The van der Waals surface area contributed by atoms with Crippen LogP contribution in [0, 0.1) is 16.7 Å². The number of nitrogens with zero attached hydrogens (tertiary/aromatic N) is 2. The van der Waals surface area contributed by atoms with Gasteiger partial charge >= 0.3 is 0 Å². The van der Waals surface area contributed by atoms with Crippen molar-refractivity contribution >= 4 is 44.8 Å². The SMILES string of the molecule is CC1(C)[C@@H](C(=O)Nc2nccs2)CC[C@]1(C)C(=O)Nc1nccs1. The zero-order chi connectivity index (χ0) is 17.4. The number of amides is 2. The van der Waals surface area contributed by atoms with Gasteiger partial charge in [0.15, 0.2) is 10.3 Å². The molecule has 2 aromatic rings. The van der Waals surface area contributed by atoms with Gasteiger partial charge in [0.1, 0.15) is 0 Å². The van der Waals surface area contributed by atoms with Gasteiger partial charge in [0.05, 0.1) is 5.41 Å². The van der Waals surface area contributed by atoms with Gasteiger partial charge in [-0.2, -0.15) is 0 Å². The third kappa shape index (κ3) is 2.84. The molecule has 128 valence electrons. The average Bonchev–Trinajstić information content (AvgIpc) is 3.23. The number of anilines is 2. The van der Waals surface area contributed by atoms with Gasteiger partial charge in [-0.1, -0.05) is 20.8 Å². The van der Waals surface area contributed by atoms with Crippen molar-refractivity contribution in [1.29, 1.82) is 0 Å². The molecule has 6 nitrogen and oxygen atoms in total. The lowest BCUT2D eigenvalue weighted by molar-refractivity contribution is -0.133. The Morgan fingerprint density at radius 3 is 2.21 bits per heavy atom. The minimum atomic E-state index is -0.635. The lowest BCUT2D eigenvalue weighted by atomic mass is 9.65. The molecule has 0 unspecified atom stereocenters. The van der Waals surface area contributed by atoms with Crippen molar-refractivity contribution < 1.29 is 9.59 Å². The smallest absolute Gasteiger partial charge is 0.232 e. The van der Waals surface area contributed by atoms with Crippen molar-refractivity contribution in [1.82, 2.24) is 9.97 Å². The van der Waals surface area contributed by atoms with E-state index in [0.29, 0.717) is 23.1 Å². The van der Waals surface area contributed by atoms with Crippen molar-refractivity contribution in [3.05, 3.63) is 23.2 Å². The maximum Gasteiger partial charge on any atom is 0.232 e. The molecule has 1 fully saturated rings. The second-order valence-corrected chi connectivity index (χ2v) is 8.55. The van der Waals surface area contributed by atoms with E-state index in [-0.39, 0.29) is 17.7 Å². The second kappa shape index (κ2) is 6.25. The third-order valence-electron chi connectivity index (χ3n) is 5.36. The molecule has 2 aromatic heterocycles. The van der Waals surface area contributed by atoms with Crippen LogP contribution in [0.5, 0.6) is 0 Å². The lowest BCUT2D eigenvalue weighted by Crippen LogP contribution is -2.46. The van der Waals surface area contributed by atoms with Gasteiger partial charge in [0, 0.05) is 29.1 Å². The fourth-order valence-corrected chi connectivity index (χ4v) is 4.42. The number of hydrogen-bond donors (Lipinski definition) is 2. The molecule has 0 spiro atoms. The van der Waals surface area contributed by atoms with E-state index in [9.17, 15) is 9.59 Å². The molecule has 0 radical (unpaired) electrons. The Hall–Kier alpha value is -1.80. The van der Waals surface area contributed by atoms with E-state index in [1.54, 1.807) is 12.4 Å². The summed E-state index contributed by atoms with van der Waals surface area (Å²) in [5.41, 5.74) is -1.11. The highest BCUT2D eigenvalue weighted by Crippen LogP contribution is 2.56. The highest BCUT2D eigenvalue weighted by Gasteiger charge is 2.58. The summed E-state index contributed by atoms with van der Waals surface area (Å²) in [6.07, 6.45) is 4.65. The molecule has 0 saturated heterocycles. The monoisotopic (exact) mass is 364 g/mol. The van der Waals surface area contributed by atoms with Gasteiger partial charge in [-0.15, -0.1) is 22.7 Å². The first kappa shape index (κ1) is 17.0. The number of carbonyl (C=O) groups is 2. The van der Waals surface area contributed by atoms with Gasteiger partial charge < -0.3 is 10.6 Å². The molecule has 0 aromatic carbocycles. The molecular formula is C16H20N4O2S2. The highest BCUT2D eigenvalue weighted by molar-refractivity contribution is 7.14. The largest absolute Gasteiger partial charge is 0.302 e. The number of hydrogen-bond acceptors (Lipinski definition) is 6. The van der Waals surface area contributed by atoms with Crippen LogP contribution in [0.1, 0.15) is 33.6 Å². The summed E-state index contributed by atoms with van der Waals surface area (Å²) >= 11 is 2.78. The third-order valence-corrected chi connectivity index (χ3v) is 6.74. The number of carbonyl (C=O) groups excluding carboxylic acids is 2. The van der Waals surface area contributed by atoms with Gasteiger partial charge in [-0.3, -0.25) is 9.59 Å². The summed E-state index contributed by atoms with van der Waals surface area (Å²) in [5, 5.41) is 10.6. The molecule has 2 amide bonds. The first-order valence-electron chi connectivity index (χ1n) is 7.76. The summed E-state index contributed by atoms with van der Waals surface area (Å²) in [5.74, 6) is -0.388. The average molecular weight is 364 g/mol. The highest BCUT2D eigenvalue weighted by atomic mass is 32.1. The van der Waals surface area contributed by atoms with E-state index in [0.717, 1.165) is 0 Å². The van der Waals surface area contributed by atoms with Crippen molar-refractivity contribution in [2.75, 3.05) is 10.6 Å². The molecule has 2 heterocycles. The Kier molecular flexibility index (Phi) is 4.44. The van der Waals surface area contributed by atoms with E-state index in [1.165, 1.54) is 22.7 Å². The van der Waals surface area contributed by atoms with E-state index < -0.39 is 10.8 Å². The quantitative estimate of drug-likeness (QED) is 0.868. The summed E-state index contributed by atoms with van der Waals surface area (Å²) in [7, 11) is 0. The summed E-state index contributed by atoms with van der Waals surface area (Å²) in [4.78, 5) is 33.7. The summed E-state index contributed by atoms with van der Waals surface area (Å²) in [6.45, 7) is 5.92. The van der Waals surface area contributed by atoms with Crippen LogP contribution in [0.3, 0.4) is 0 Å². The lowest BCUT2D eigenvalue weighted by Gasteiger charge is -2.39. The topological polar surface area (TPSA) is 84.0 Å². The Labute approximate surface area is 148 Å².